The summed E-state index contributed by atoms with van der Waals surface area (Å²) in [6.45, 7) is 7.20. The minimum Gasteiger partial charge on any atom is -0.379 e. The first-order valence-electron chi connectivity index (χ1n) is 5.15. The van der Waals surface area contributed by atoms with Crippen LogP contribution in [-0.2, 0) is 4.74 Å². The molecule has 0 spiro atoms. The van der Waals surface area contributed by atoms with Crippen molar-refractivity contribution in [2.24, 2.45) is 0 Å². The third-order valence-corrected chi connectivity index (χ3v) is 2.35. The SMILES string of the molecule is Cc1cnc(C)c(NN2CCOCC2)n1. The molecule has 5 heteroatoms. The van der Waals surface area contributed by atoms with Gasteiger partial charge in [0.15, 0.2) is 5.82 Å². The highest BCUT2D eigenvalue weighted by molar-refractivity contribution is 5.38. The van der Waals surface area contributed by atoms with Crippen LogP contribution >= 0.6 is 0 Å². The van der Waals surface area contributed by atoms with Crippen LogP contribution in [0.2, 0.25) is 0 Å². The van der Waals surface area contributed by atoms with E-state index in [1.54, 1.807) is 6.20 Å². The van der Waals surface area contributed by atoms with Gasteiger partial charge in [-0.05, 0) is 13.8 Å². The van der Waals surface area contributed by atoms with E-state index in [4.69, 9.17) is 4.74 Å². The normalized spacial score (nSPS) is 17.7. The monoisotopic (exact) mass is 208 g/mol. The molecule has 0 aromatic carbocycles. The Balaban J connectivity index is 2.05. The largest absolute Gasteiger partial charge is 0.379 e. The summed E-state index contributed by atoms with van der Waals surface area (Å²) in [6, 6.07) is 0. The molecule has 1 fully saturated rings. The van der Waals surface area contributed by atoms with Crippen molar-refractivity contribution in [1.29, 1.82) is 0 Å². The molecule has 0 amide bonds. The summed E-state index contributed by atoms with van der Waals surface area (Å²) in [5.74, 6) is 0.844. The van der Waals surface area contributed by atoms with Crippen molar-refractivity contribution in [1.82, 2.24) is 15.0 Å². The third-order valence-electron chi connectivity index (χ3n) is 2.35. The number of nitrogens with zero attached hydrogens (tertiary/aromatic N) is 3. The second kappa shape index (κ2) is 4.55. The molecule has 2 heterocycles. The number of hydrogen-bond donors (Lipinski definition) is 1. The predicted octanol–water partition coefficient (Wildman–Crippen LogP) is 0.753. The van der Waals surface area contributed by atoms with Crippen molar-refractivity contribution in [3.05, 3.63) is 17.6 Å². The Bertz CT molecular complexity index is 336. The van der Waals surface area contributed by atoms with E-state index in [-0.39, 0.29) is 0 Å². The van der Waals surface area contributed by atoms with Crippen LogP contribution in [0, 0.1) is 13.8 Å². The summed E-state index contributed by atoms with van der Waals surface area (Å²) in [4.78, 5) is 8.67. The minimum absolute atomic E-state index is 0.769. The molecule has 0 saturated carbocycles. The minimum atomic E-state index is 0.769. The van der Waals surface area contributed by atoms with E-state index in [1.807, 2.05) is 13.8 Å². The molecule has 82 valence electrons. The molecule has 0 atom stereocenters. The number of hydrazine groups is 1. The summed E-state index contributed by atoms with van der Waals surface area (Å²) in [7, 11) is 0. The number of morpholine rings is 1. The lowest BCUT2D eigenvalue weighted by molar-refractivity contribution is 0.0494. The molecule has 15 heavy (non-hydrogen) atoms. The Kier molecular flexibility index (Phi) is 3.13. The lowest BCUT2D eigenvalue weighted by atomic mass is 10.4. The zero-order valence-electron chi connectivity index (χ0n) is 9.16. The Morgan fingerprint density at radius 1 is 1.33 bits per heavy atom. The van der Waals surface area contributed by atoms with Crippen LogP contribution in [0.1, 0.15) is 11.4 Å². The number of rotatable bonds is 2. The van der Waals surface area contributed by atoms with Gasteiger partial charge >= 0.3 is 0 Å². The summed E-state index contributed by atoms with van der Waals surface area (Å²) < 4.78 is 5.27. The van der Waals surface area contributed by atoms with Gasteiger partial charge in [-0.1, -0.05) is 0 Å². The Labute approximate surface area is 89.4 Å². The maximum atomic E-state index is 5.27. The highest BCUT2D eigenvalue weighted by Crippen LogP contribution is 2.10. The van der Waals surface area contributed by atoms with Crippen molar-refractivity contribution >= 4 is 5.82 Å². The van der Waals surface area contributed by atoms with Crippen molar-refractivity contribution in [2.45, 2.75) is 13.8 Å². The van der Waals surface area contributed by atoms with Crippen molar-refractivity contribution in [2.75, 3.05) is 31.7 Å². The quantitative estimate of drug-likeness (QED) is 0.777. The fourth-order valence-electron chi connectivity index (χ4n) is 1.47. The molecule has 2 rings (SSSR count). The van der Waals surface area contributed by atoms with Gasteiger partial charge in [0.1, 0.15) is 0 Å². The van der Waals surface area contributed by atoms with Crippen molar-refractivity contribution in [3.63, 3.8) is 0 Å². The number of hydrogen-bond acceptors (Lipinski definition) is 5. The molecule has 0 radical (unpaired) electrons. The van der Waals surface area contributed by atoms with E-state index in [0.717, 1.165) is 43.5 Å². The van der Waals surface area contributed by atoms with Gasteiger partial charge in [0.2, 0.25) is 0 Å². The van der Waals surface area contributed by atoms with Crippen LogP contribution < -0.4 is 5.43 Å². The van der Waals surface area contributed by atoms with E-state index >= 15 is 0 Å². The first kappa shape index (κ1) is 10.3. The third kappa shape index (κ3) is 2.64. The average molecular weight is 208 g/mol. The van der Waals surface area contributed by atoms with Gasteiger partial charge in [-0.25, -0.2) is 9.99 Å². The lowest BCUT2D eigenvalue weighted by Crippen LogP contribution is -2.40. The molecule has 1 N–H and O–H groups in total. The topological polar surface area (TPSA) is 50.3 Å². The molecule has 5 nitrogen and oxygen atoms in total. The zero-order chi connectivity index (χ0) is 10.7. The molecule has 0 unspecified atom stereocenters. The smallest absolute Gasteiger partial charge is 0.162 e. The number of aromatic nitrogens is 2. The van der Waals surface area contributed by atoms with Crippen LogP contribution in [0.4, 0.5) is 5.82 Å². The Morgan fingerprint density at radius 2 is 2.07 bits per heavy atom. The molecule has 0 aliphatic carbocycles. The van der Waals surface area contributed by atoms with Gasteiger partial charge in [-0.3, -0.25) is 4.98 Å². The zero-order valence-corrected chi connectivity index (χ0v) is 9.16. The molecular formula is C10H16N4O. The van der Waals surface area contributed by atoms with Crippen LogP contribution in [0.25, 0.3) is 0 Å². The van der Waals surface area contributed by atoms with Crippen LogP contribution in [0.5, 0.6) is 0 Å². The van der Waals surface area contributed by atoms with E-state index in [2.05, 4.69) is 20.4 Å². The molecule has 0 bridgehead atoms. The fourth-order valence-corrected chi connectivity index (χ4v) is 1.47. The maximum Gasteiger partial charge on any atom is 0.162 e. The summed E-state index contributed by atoms with van der Waals surface area (Å²) >= 11 is 0. The van der Waals surface area contributed by atoms with Gasteiger partial charge < -0.3 is 10.2 Å². The predicted molar refractivity (Wildman–Crippen MR) is 57.5 cm³/mol. The van der Waals surface area contributed by atoms with E-state index in [9.17, 15) is 0 Å². The van der Waals surface area contributed by atoms with Gasteiger partial charge in [-0.15, -0.1) is 0 Å². The van der Waals surface area contributed by atoms with E-state index in [0.29, 0.717) is 0 Å². The highest BCUT2D eigenvalue weighted by Gasteiger charge is 2.11. The first-order chi connectivity index (χ1) is 7.25. The molecule has 1 aromatic heterocycles. The second-order valence-electron chi connectivity index (χ2n) is 3.66. The Morgan fingerprint density at radius 3 is 2.80 bits per heavy atom. The van der Waals surface area contributed by atoms with Crippen molar-refractivity contribution < 1.29 is 4.74 Å². The Hall–Kier alpha value is -1.20. The summed E-state index contributed by atoms with van der Waals surface area (Å²) in [6.07, 6.45) is 1.78. The van der Waals surface area contributed by atoms with Crippen LogP contribution in [0.15, 0.2) is 6.20 Å². The van der Waals surface area contributed by atoms with Gasteiger partial charge in [0, 0.05) is 19.3 Å². The molecule has 1 aliphatic heterocycles. The van der Waals surface area contributed by atoms with Crippen molar-refractivity contribution in [3.8, 4) is 0 Å². The standard InChI is InChI=1S/C10H16N4O/c1-8-7-11-9(2)10(12-8)13-14-3-5-15-6-4-14/h7H,3-6H2,1-2H3,(H,12,13). The summed E-state index contributed by atoms with van der Waals surface area (Å²) in [5, 5.41) is 2.11. The highest BCUT2D eigenvalue weighted by atomic mass is 16.5. The second-order valence-corrected chi connectivity index (χ2v) is 3.66. The van der Waals surface area contributed by atoms with E-state index in [1.165, 1.54) is 0 Å². The van der Waals surface area contributed by atoms with E-state index < -0.39 is 0 Å². The summed E-state index contributed by atoms with van der Waals surface area (Å²) in [5.41, 5.74) is 5.12. The molecule has 1 aliphatic rings. The van der Waals surface area contributed by atoms with Crippen LogP contribution in [-0.4, -0.2) is 41.3 Å². The maximum absolute atomic E-state index is 5.27. The average Bonchev–Trinajstić information content (AvgIpc) is 2.25. The van der Waals surface area contributed by atoms with Gasteiger partial charge in [0.25, 0.3) is 0 Å². The molecular weight excluding hydrogens is 192 g/mol. The van der Waals surface area contributed by atoms with Gasteiger partial charge in [-0.2, -0.15) is 0 Å². The van der Waals surface area contributed by atoms with Crippen LogP contribution in [0.3, 0.4) is 0 Å². The van der Waals surface area contributed by atoms with Gasteiger partial charge in [0.05, 0.1) is 24.6 Å². The fraction of sp³-hybridized carbons (Fsp3) is 0.600. The number of aryl methyl sites for hydroxylation is 2. The number of ether oxygens (including phenoxy) is 1. The number of anilines is 1. The first-order valence-corrected chi connectivity index (χ1v) is 5.15. The number of nitrogens with one attached hydrogen (secondary N) is 1. The molecule has 1 aromatic rings. The molecule has 1 saturated heterocycles. The lowest BCUT2D eigenvalue weighted by Gasteiger charge is -2.27.